The molecular formula is C18H27N5O. The van der Waals surface area contributed by atoms with E-state index in [0.717, 1.165) is 45.4 Å². The predicted octanol–water partition coefficient (Wildman–Crippen LogP) is 1.05. The van der Waals surface area contributed by atoms with Gasteiger partial charge in [0.15, 0.2) is 5.96 Å². The van der Waals surface area contributed by atoms with Gasteiger partial charge in [-0.25, -0.2) is 0 Å². The average molecular weight is 329 g/mol. The van der Waals surface area contributed by atoms with Crippen molar-refractivity contribution < 1.29 is 4.79 Å². The third-order valence-corrected chi connectivity index (χ3v) is 4.74. The fraction of sp³-hybridized carbons (Fsp3) is 0.556. The molecule has 24 heavy (non-hydrogen) atoms. The Morgan fingerprint density at radius 1 is 1.21 bits per heavy atom. The largest absolute Gasteiger partial charge is 0.369 e. The van der Waals surface area contributed by atoms with Gasteiger partial charge in [-0.3, -0.25) is 9.79 Å². The number of anilines is 1. The number of nitrogens with zero attached hydrogens (tertiary/aromatic N) is 3. The van der Waals surface area contributed by atoms with E-state index >= 15 is 0 Å². The van der Waals surface area contributed by atoms with Crippen LogP contribution in [-0.4, -0.2) is 62.6 Å². The molecule has 130 valence electrons. The molecule has 1 unspecified atom stereocenters. The van der Waals surface area contributed by atoms with E-state index in [0.29, 0.717) is 18.5 Å². The molecule has 0 bridgehead atoms. The van der Waals surface area contributed by atoms with Gasteiger partial charge in [-0.1, -0.05) is 18.2 Å². The van der Waals surface area contributed by atoms with Crippen LogP contribution in [0.4, 0.5) is 5.69 Å². The molecule has 2 heterocycles. The number of carbonyl (C=O) groups is 1. The molecule has 2 fully saturated rings. The molecule has 3 rings (SSSR count). The Morgan fingerprint density at radius 3 is 2.67 bits per heavy atom. The minimum absolute atomic E-state index is 0.160. The summed E-state index contributed by atoms with van der Waals surface area (Å²) in [4.78, 5) is 20.7. The number of aliphatic imine (C=N–C) groups is 1. The lowest BCUT2D eigenvalue weighted by molar-refractivity contribution is -0.128. The fourth-order valence-electron chi connectivity index (χ4n) is 3.38. The first-order chi connectivity index (χ1) is 11.8. The number of nitrogens with one attached hydrogen (secondary N) is 2. The molecule has 0 aliphatic carbocycles. The number of para-hydroxylation sites is 1. The summed E-state index contributed by atoms with van der Waals surface area (Å²) in [6, 6.07) is 10.8. The molecule has 1 atom stereocenters. The zero-order valence-electron chi connectivity index (χ0n) is 14.4. The van der Waals surface area contributed by atoms with Crippen LogP contribution >= 0.6 is 0 Å². The van der Waals surface area contributed by atoms with Crippen molar-refractivity contribution in [3.63, 3.8) is 0 Å². The van der Waals surface area contributed by atoms with Crippen molar-refractivity contribution in [3.8, 4) is 0 Å². The lowest BCUT2D eigenvalue weighted by Crippen LogP contribution is -2.48. The normalized spacial score (nSPS) is 21.2. The minimum Gasteiger partial charge on any atom is -0.369 e. The smallest absolute Gasteiger partial charge is 0.241 e. The maximum absolute atomic E-state index is 12.1. The molecule has 0 radical (unpaired) electrons. The summed E-state index contributed by atoms with van der Waals surface area (Å²) >= 11 is 0. The second-order valence-electron chi connectivity index (χ2n) is 6.43. The summed E-state index contributed by atoms with van der Waals surface area (Å²) in [6.07, 6.45) is 3.31. The van der Waals surface area contributed by atoms with Crippen LogP contribution in [0.1, 0.15) is 19.3 Å². The minimum atomic E-state index is 0.160. The number of carbonyl (C=O) groups excluding carboxylic acids is 1. The van der Waals surface area contributed by atoms with E-state index in [-0.39, 0.29) is 5.91 Å². The van der Waals surface area contributed by atoms with Gasteiger partial charge in [0, 0.05) is 45.0 Å². The van der Waals surface area contributed by atoms with Crippen molar-refractivity contribution in [3.05, 3.63) is 30.3 Å². The quantitative estimate of drug-likeness (QED) is 0.640. The van der Waals surface area contributed by atoms with Crippen molar-refractivity contribution in [2.24, 2.45) is 4.99 Å². The van der Waals surface area contributed by atoms with Gasteiger partial charge in [0.1, 0.15) is 0 Å². The molecule has 1 amide bonds. The third-order valence-electron chi connectivity index (χ3n) is 4.74. The predicted molar refractivity (Wildman–Crippen MR) is 97.4 cm³/mol. The molecule has 2 saturated heterocycles. The number of rotatable bonds is 4. The van der Waals surface area contributed by atoms with E-state index in [2.05, 4.69) is 44.8 Å². The molecule has 2 N–H and O–H groups in total. The van der Waals surface area contributed by atoms with E-state index in [1.54, 1.807) is 7.05 Å². The second-order valence-corrected chi connectivity index (χ2v) is 6.43. The highest BCUT2D eigenvalue weighted by atomic mass is 16.2. The van der Waals surface area contributed by atoms with Crippen LogP contribution in [0.5, 0.6) is 0 Å². The van der Waals surface area contributed by atoms with Gasteiger partial charge in [0.2, 0.25) is 5.91 Å². The maximum Gasteiger partial charge on any atom is 0.241 e. The second kappa shape index (κ2) is 8.04. The molecule has 6 heteroatoms. The number of benzene rings is 1. The first kappa shape index (κ1) is 16.6. The van der Waals surface area contributed by atoms with Gasteiger partial charge in [-0.2, -0.15) is 0 Å². The van der Waals surface area contributed by atoms with Crippen LogP contribution in [0, 0.1) is 0 Å². The molecule has 1 aromatic carbocycles. The zero-order valence-corrected chi connectivity index (χ0v) is 14.4. The Hall–Kier alpha value is -2.24. The Labute approximate surface area is 143 Å². The zero-order chi connectivity index (χ0) is 16.8. The fourth-order valence-corrected chi connectivity index (χ4v) is 3.38. The highest BCUT2D eigenvalue weighted by Crippen LogP contribution is 2.19. The first-order valence-electron chi connectivity index (χ1n) is 8.81. The lowest BCUT2D eigenvalue weighted by Gasteiger charge is -2.21. The molecule has 0 saturated carbocycles. The van der Waals surface area contributed by atoms with Crippen molar-refractivity contribution in [2.45, 2.75) is 25.3 Å². The highest BCUT2D eigenvalue weighted by Gasteiger charge is 2.24. The van der Waals surface area contributed by atoms with Gasteiger partial charge in [0.05, 0.1) is 6.54 Å². The van der Waals surface area contributed by atoms with Crippen molar-refractivity contribution in [1.82, 2.24) is 15.5 Å². The van der Waals surface area contributed by atoms with Crippen molar-refractivity contribution in [1.29, 1.82) is 0 Å². The van der Waals surface area contributed by atoms with E-state index < -0.39 is 0 Å². The SMILES string of the molecule is CN=C(NCC(=O)N1CCCC1)NC1CCN(c2ccccc2)C1. The molecule has 6 nitrogen and oxygen atoms in total. The van der Waals surface area contributed by atoms with Crippen LogP contribution in [0.3, 0.4) is 0 Å². The number of hydrogen-bond acceptors (Lipinski definition) is 3. The van der Waals surface area contributed by atoms with Gasteiger partial charge in [-0.05, 0) is 31.4 Å². The summed E-state index contributed by atoms with van der Waals surface area (Å²) in [6.45, 7) is 4.08. The van der Waals surface area contributed by atoms with Crippen LogP contribution in [-0.2, 0) is 4.79 Å². The van der Waals surface area contributed by atoms with Crippen molar-refractivity contribution in [2.75, 3.05) is 44.7 Å². The molecular weight excluding hydrogens is 302 g/mol. The molecule has 0 aromatic heterocycles. The molecule has 2 aliphatic heterocycles. The lowest BCUT2D eigenvalue weighted by atomic mass is 10.3. The third kappa shape index (κ3) is 4.19. The Bertz CT molecular complexity index is 568. The number of amides is 1. The van der Waals surface area contributed by atoms with Crippen LogP contribution in [0.15, 0.2) is 35.3 Å². The Morgan fingerprint density at radius 2 is 1.96 bits per heavy atom. The van der Waals surface area contributed by atoms with Crippen LogP contribution in [0.25, 0.3) is 0 Å². The Kier molecular flexibility index (Phi) is 5.56. The molecule has 0 spiro atoms. The van der Waals surface area contributed by atoms with Crippen molar-refractivity contribution >= 4 is 17.6 Å². The average Bonchev–Trinajstić information content (AvgIpc) is 3.31. The van der Waals surface area contributed by atoms with E-state index in [1.807, 2.05) is 11.0 Å². The van der Waals surface area contributed by atoms with Crippen LogP contribution in [0.2, 0.25) is 0 Å². The van der Waals surface area contributed by atoms with Crippen LogP contribution < -0.4 is 15.5 Å². The topological polar surface area (TPSA) is 60.0 Å². The number of likely N-dealkylation sites (tertiary alicyclic amines) is 1. The number of hydrogen-bond donors (Lipinski definition) is 2. The van der Waals surface area contributed by atoms with Gasteiger partial charge < -0.3 is 20.4 Å². The summed E-state index contributed by atoms with van der Waals surface area (Å²) in [7, 11) is 1.75. The monoisotopic (exact) mass is 329 g/mol. The summed E-state index contributed by atoms with van der Waals surface area (Å²) in [5.74, 6) is 0.871. The van der Waals surface area contributed by atoms with E-state index in [1.165, 1.54) is 5.69 Å². The Balaban J connectivity index is 1.45. The summed E-state index contributed by atoms with van der Waals surface area (Å²) in [5.41, 5.74) is 1.26. The number of guanidine groups is 1. The standard InChI is InChI=1S/C18H27N5O/c1-19-18(20-13-17(24)22-10-5-6-11-22)21-15-9-12-23(14-15)16-7-3-2-4-8-16/h2-4,7-8,15H,5-6,9-14H2,1H3,(H2,19,20,21). The summed E-state index contributed by atoms with van der Waals surface area (Å²) in [5, 5.41) is 6.59. The first-order valence-corrected chi connectivity index (χ1v) is 8.81. The maximum atomic E-state index is 12.1. The van der Waals surface area contributed by atoms with E-state index in [4.69, 9.17) is 0 Å². The summed E-state index contributed by atoms with van der Waals surface area (Å²) < 4.78 is 0. The van der Waals surface area contributed by atoms with E-state index in [9.17, 15) is 4.79 Å². The molecule has 1 aromatic rings. The van der Waals surface area contributed by atoms with Gasteiger partial charge in [0.25, 0.3) is 0 Å². The highest BCUT2D eigenvalue weighted by molar-refractivity contribution is 5.86. The van der Waals surface area contributed by atoms with Gasteiger partial charge >= 0.3 is 0 Å². The molecule has 2 aliphatic rings. The van der Waals surface area contributed by atoms with Gasteiger partial charge in [-0.15, -0.1) is 0 Å².